The van der Waals surface area contributed by atoms with Crippen LogP contribution in [0.1, 0.15) is 11.3 Å². The summed E-state index contributed by atoms with van der Waals surface area (Å²) in [6.07, 6.45) is 0. The van der Waals surface area contributed by atoms with Gasteiger partial charge in [-0.15, -0.1) is 0 Å². The molecule has 2 nitrogen and oxygen atoms in total. The van der Waals surface area contributed by atoms with Crippen LogP contribution in [0.5, 0.6) is 0 Å². The number of benzene rings is 2. The number of fused-ring (bicyclic) bond motifs is 1. The molecule has 0 spiro atoms. The predicted octanol–water partition coefficient (Wildman–Crippen LogP) is 4.60. The van der Waals surface area contributed by atoms with Gasteiger partial charge in [0.05, 0.1) is 5.52 Å². The highest BCUT2D eigenvalue weighted by Gasteiger charge is 2.06. The van der Waals surface area contributed by atoms with Crippen LogP contribution in [-0.2, 0) is 0 Å². The van der Waals surface area contributed by atoms with E-state index in [1.54, 1.807) is 0 Å². The first-order valence-corrected chi connectivity index (χ1v) is 6.43. The molecule has 0 unspecified atom stereocenters. The lowest BCUT2D eigenvalue weighted by Gasteiger charge is -2.12. The zero-order valence-corrected chi connectivity index (χ0v) is 11.1. The van der Waals surface area contributed by atoms with Gasteiger partial charge in [-0.05, 0) is 37.6 Å². The molecule has 0 radical (unpaired) electrons. The summed E-state index contributed by atoms with van der Waals surface area (Å²) in [7, 11) is 0. The van der Waals surface area contributed by atoms with Gasteiger partial charge < -0.3 is 5.32 Å². The van der Waals surface area contributed by atoms with Gasteiger partial charge in [0, 0.05) is 22.5 Å². The fourth-order valence-corrected chi connectivity index (χ4v) is 2.30. The third-order valence-corrected chi connectivity index (χ3v) is 3.22. The van der Waals surface area contributed by atoms with Gasteiger partial charge in [0.15, 0.2) is 0 Å². The third kappa shape index (κ3) is 2.29. The molecule has 1 heterocycles. The van der Waals surface area contributed by atoms with E-state index in [0.29, 0.717) is 0 Å². The first kappa shape index (κ1) is 11.7. The van der Waals surface area contributed by atoms with Crippen molar-refractivity contribution in [2.24, 2.45) is 0 Å². The summed E-state index contributed by atoms with van der Waals surface area (Å²) < 4.78 is 0. The van der Waals surface area contributed by atoms with Crippen molar-refractivity contribution in [3.63, 3.8) is 0 Å². The van der Waals surface area contributed by atoms with E-state index in [9.17, 15) is 0 Å². The minimum absolute atomic E-state index is 1.03. The first-order valence-electron chi connectivity index (χ1n) is 6.43. The van der Waals surface area contributed by atoms with Crippen LogP contribution in [0, 0.1) is 13.8 Å². The van der Waals surface area contributed by atoms with Crippen molar-refractivity contribution in [1.29, 1.82) is 0 Å². The monoisotopic (exact) mass is 248 g/mol. The molecule has 2 heteroatoms. The largest absolute Gasteiger partial charge is 0.355 e. The Morgan fingerprint density at radius 2 is 1.68 bits per heavy atom. The maximum absolute atomic E-state index is 4.64. The van der Waals surface area contributed by atoms with Gasteiger partial charge in [0.2, 0.25) is 0 Å². The lowest BCUT2D eigenvalue weighted by molar-refractivity contribution is 1.24. The summed E-state index contributed by atoms with van der Waals surface area (Å²) in [5.41, 5.74) is 5.51. The summed E-state index contributed by atoms with van der Waals surface area (Å²) >= 11 is 0. The van der Waals surface area contributed by atoms with E-state index in [-0.39, 0.29) is 0 Å². The number of pyridine rings is 1. The van der Waals surface area contributed by atoms with Gasteiger partial charge in [0.1, 0.15) is 0 Å². The topological polar surface area (TPSA) is 24.9 Å². The number of nitrogens with zero attached hydrogens (tertiary/aromatic N) is 1. The quantitative estimate of drug-likeness (QED) is 0.717. The molecule has 0 aliphatic heterocycles. The molecule has 1 aromatic heterocycles. The highest BCUT2D eigenvalue weighted by atomic mass is 14.9. The van der Waals surface area contributed by atoms with Crippen LogP contribution in [-0.4, -0.2) is 4.98 Å². The number of para-hydroxylation sites is 2. The molecule has 19 heavy (non-hydrogen) atoms. The van der Waals surface area contributed by atoms with E-state index >= 15 is 0 Å². The molecule has 0 amide bonds. The summed E-state index contributed by atoms with van der Waals surface area (Å²) in [6.45, 7) is 4.13. The summed E-state index contributed by atoms with van der Waals surface area (Å²) in [5.74, 6) is 0. The van der Waals surface area contributed by atoms with Gasteiger partial charge in [-0.25, -0.2) is 0 Å². The van der Waals surface area contributed by atoms with Gasteiger partial charge in [0.25, 0.3) is 0 Å². The highest BCUT2D eigenvalue weighted by Crippen LogP contribution is 2.27. The van der Waals surface area contributed by atoms with Crippen LogP contribution in [0.15, 0.2) is 54.6 Å². The number of aromatic nitrogens is 1. The number of nitrogens with one attached hydrogen (secondary N) is 1. The average Bonchev–Trinajstić information content (AvgIpc) is 2.41. The van der Waals surface area contributed by atoms with Crippen molar-refractivity contribution < 1.29 is 0 Å². The van der Waals surface area contributed by atoms with Gasteiger partial charge in [-0.3, -0.25) is 4.98 Å². The molecule has 0 atom stereocenters. The minimum atomic E-state index is 1.03. The molecule has 3 rings (SSSR count). The molecule has 0 fully saturated rings. The molecule has 94 valence electrons. The molecule has 0 aliphatic carbocycles. The molecular weight excluding hydrogens is 232 g/mol. The Morgan fingerprint density at radius 1 is 0.895 bits per heavy atom. The average molecular weight is 248 g/mol. The van der Waals surface area contributed by atoms with Gasteiger partial charge in [-0.2, -0.15) is 0 Å². The molecule has 0 saturated heterocycles. The van der Waals surface area contributed by atoms with Gasteiger partial charge >= 0.3 is 0 Å². The SMILES string of the molecule is Cc1cc(Nc2ccccc2)c2cccc(C)c2n1. The summed E-state index contributed by atoms with van der Waals surface area (Å²) in [6, 6.07) is 18.6. The second kappa shape index (κ2) is 4.73. The van der Waals surface area contributed by atoms with Crippen LogP contribution in [0.3, 0.4) is 0 Å². The number of anilines is 2. The van der Waals surface area contributed by atoms with Crippen molar-refractivity contribution in [2.45, 2.75) is 13.8 Å². The Hall–Kier alpha value is -2.35. The summed E-state index contributed by atoms with van der Waals surface area (Å²) in [4.78, 5) is 4.64. The first-order chi connectivity index (χ1) is 9.24. The minimum Gasteiger partial charge on any atom is -0.355 e. The van der Waals surface area contributed by atoms with E-state index in [2.05, 4.69) is 53.6 Å². The maximum Gasteiger partial charge on any atom is 0.0755 e. The van der Waals surface area contributed by atoms with Crippen LogP contribution >= 0.6 is 0 Å². The maximum atomic E-state index is 4.64. The predicted molar refractivity (Wildman–Crippen MR) is 80.9 cm³/mol. The fraction of sp³-hybridized carbons (Fsp3) is 0.118. The Balaban J connectivity index is 2.15. The van der Waals surface area contributed by atoms with E-state index < -0.39 is 0 Å². The van der Waals surface area contributed by atoms with Crippen molar-refractivity contribution >= 4 is 22.3 Å². The smallest absolute Gasteiger partial charge is 0.0755 e. The Labute approximate surface area is 113 Å². The van der Waals surface area contributed by atoms with Crippen LogP contribution in [0.4, 0.5) is 11.4 Å². The van der Waals surface area contributed by atoms with Crippen LogP contribution < -0.4 is 5.32 Å². The third-order valence-electron chi connectivity index (χ3n) is 3.22. The fourth-order valence-electron chi connectivity index (χ4n) is 2.30. The number of hydrogen-bond donors (Lipinski definition) is 1. The number of aryl methyl sites for hydroxylation is 2. The second-order valence-corrected chi connectivity index (χ2v) is 4.77. The number of rotatable bonds is 2. The van der Waals surface area contributed by atoms with Crippen molar-refractivity contribution in [3.05, 3.63) is 65.9 Å². The van der Waals surface area contributed by atoms with Crippen LogP contribution in [0.25, 0.3) is 10.9 Å². The van der Waals surface area contributed by atoms with Gasteiger partial charge in [-0.1, -0.05) is 36.4 Å². The highest BCUT2D eigenvalue weighted by molar-refractivity contribution is 5.94. The lowest BCUT2D eigenvalue weighted by Crippen LogP contribution is -1.95. The van der Waals surface area contributed by atoms with E-state index in [1.165, 1.54) is 5.56 Å². The lowest BCUT2D eigenvalue weighted by atomic mass is 10.1. The number of hydrogen-bond acceptors (Lipinski definition) is 2. The van der Waals surface area contributed by atoms with E-state index in [0.717, 1.165) is 28.0 Å². The van der Waals surface area contributed by atoms with Crippen molar-refractivity contribution in [3.8, 4) is 0 Å². The van der Waals surface area contributed by atoms with Crippen molar-refractivity contribution in [1.82, 2.24) is 4.98 Å². The standard InChI is InChI=1S/C17H16N2/c1-12-7-6-10-15-16(11-13(2)18-17(12)15)19-14-8-4-3-5-9-14/h3-11H,1-2H3,(H,18,19). The Bertz CT molecular complexity index is 718. The molecule has 3 aromatic rings. The molecule has 0 aliphatic rings. The molecular formula is C17H16N2. The van der Waals surface area contributed by atoms with Crippen molar-refractivity contribution in [2.75, 3.05) is 5.32 Å². The van der Waals surface area contributed by atoms with Crippen LogP contribution in [0.2, 0.25) is 0 Å². The van der Waals surface area contributed by atoms with E-state index in [4.69, 9.17) is 0 Å². The molecule has 1 N–H and O–H groups in total. The summed E-state index contributed by atoms with van der Waals surface area (Å²) in [5, 5.41) is 4.64. The van der Waals surface area contributed by atoms with E-state index in [1.807, 2.05) is 25.1 Å². The Kier molecular flexibility index (Phi) is 2.92. The zero-order valence-electron chi connectivity index (χ0n) is 11.1. The molecule has 2 aromatic carbocycles. The second-order valence-electron chi connectivity index (χ2n) is 4.77. The molecule has 0 saturated carbocycles. The molecule has 0 bridgehead atoms. The Morgan fingerprint density at radius 3 is 2.47 bits per heavy atom. The normalized spacial score (nSPS) is 10.6. The zero-order chi connectivity index (χ0) is 13.2.